The first-order valence-electron chi connectivity index (χ1n) is 12.2. The van der Waals surface area contributed by atoms with E-state index >= 15 is 0 Å². The fourth-order valence-electron chi connectivity index (χ4n) is 3.71. The van der Waals surface area contributed by atoms with Crippen molar-refractivity contribution in [3.8, 4) is 0 Å². The number of hydrogen-bond acceptors (Lipinski definition) is 4. The van der Waals surface area contributed by atoms with Crippen LogP contribution < -0.4 is 9.62 Å². The Balaban J connectivity index is 2.02. The highest BCUT2D eigenvalue weighted by molar-refractivity contribution is 14.1. The lowest BCUT2D eigenvalue weighted by Crippen LogP contribution is -2.52. The minimum Gasteiger partial charge on any atom is -0.352 e. The summed E-state index contributed by atoms with van der Waals surface area (Å²) in [5.74, 6) is -0.860. The van der Waals surface area contributed by atoms with E-state index in [1.54, 1.807) is 73.7 Å². The SMILES string of the molecule is CC[C@H](C)NC(=O)[C@@H](C)N(Cc1ccccc1Cl)C(=O)CN(c1ccc(I)cc1)S(=O)(=O)c1ccccc1. The van der Waals surface area contributed by atoms with Crippen molar-refractivity contribution in [1.29, 1.82) is 0 Å². The van der Waals surface area contributed by atoms with Gasteiger partial charge in [0, 0.05) is 21.2 Å². The third kappa shape index (κ3) is 7.48. The van der Waals surface area contributed by atoms with Crippen LogP contribution in [0, 0.1) is 3.57 Å². The Morgan fingerprint density at radius 2 is 1.55 bits per heavy atom. The molecule has 7 nitrogen and oxygen atoms in total. The molecule has 0 radical (unpaired) electrons. The highest BCUT2D eigenvalue weighted by Crippen LogP contribution is 2.26. The van der Waals surface area contributed by atoms with Crippen LogP contribution in [0.3, 0.4) is 0 Å². The first kappa shape index (κ1) is 29.9. The topological polar surface area (TPSA) is 86.8 Å². The van der Waals surface area contributed by atoms with Crippen molar-refractivity contribution in [2.24, 2.45) is 0 Å². The molecule has 2 amide bonds. The standard InChI is InChI=1S/C28H31ClIN3O4S/c1-4-20(2)31-28(35)21(3)32(18-22-10-8-9-13-26(22)29)27(34)19-33(24-16-14-23(30)15-17-24)38(36,37)25-11-6-5-7-12-25/h5-17,20-21H,4,18-19H2,1-3H3,(H,31,35)/t20-,21+/m0/s1. The van der Waals surface area contributed by atoms with Crippen molar-refractivity contribution in [3.05, 3.63) is 93.0 Å². The molecule has 0 aliphatic rings. The molecule has 0 aliphatic heterocycles. The lowest BCUT2D eigenvalue weighted by molar-refractivity contribution is -0.139. The van der Waals surface area contributed by atoms with Crippen LogP contribution in [-0.4, -0.2) is 43.8 Å². The van der Waals surface area contributed by atoms with E-state index in [-0.39, 0.29) is 23.4 Å². The van der Waals surface area contributed by atoms with Crippen molar-refractivity contribution in [2.45, 2.75) is 50.7 Å². The van der Waals surface area contributed by atoms with Gasteiger partial charge >= 0.3 is 0 Å². The Hall–Kier alpha value is -2.63. The number of amides is 2. The highest BCUT2D eigenvalue weighted by Gasteiger charge is 2.33. The van der Waals surface area contributed by atoms with E-state index in [2.05, 4.69) is 27.9 Å². The van der Waals surface area contributed by atoms with Crippen LogP contribution in [0.4, 0.5) is 5.69 Å². The second kappa shape index (κ2) is 13.4. The molecule has 38 heavy (non-hydrogen) atoms. The molecule has 0 saturated heterocycles. The van der Waals surface area contributed by atoms with Crippen molar-refractivity contribution in [2.75, 3.05) is 10.8 Å². The zero-order chi connectivity index (χ0) is 27.9. The Morgan fingerprint density at radius 1 is 0.947 bits per heavy atom. The molecule has 2 atom stereocenters. The van der Waals surface area contributed by atoms with Gasteiger partial charge in [0.2, 0.25) is 11.8 Å². The first-order valence-corrected chi connectivity index (χ1v) is 15.1. The summed E-state index contributed by atoms with van der Waals surface area (Å²) in [4.78, 5) is 28.4. The molecule has 0 fully saturated rings. The van der Waals surface area contributed by atoms with Crippen LogP contribution in [-0.2, 0) is 26.2 Å². The maximum absolute atomic E-state index is 13.9. The second-order valence-corrected chi connectivity index (χ2v) is 12.4. The Labute approximate surface area is 243 Å². The van der Waals surface area contributed by atoms with E-state index in [1.807, 2.05) is 13.8 Å². The molecule has 0 heterocycles. The van der Waals surface area contributed by atoms with Crippen LogP contribution in [0.15, 0.2) is 83.8 Å². The molecule has 1 N–H and O–H groups in total. The monoisotopic (exact) mass is 667 g/mol. The Kier molecular flexibility index (Phi) is 10.6. The number of halogens is 2. The molecular formula is C28H31ClIN3O4S. The van der Waals surface area contributed by atoms with E-state index in [0.29, 0.717) is 16.3 Å². The van der Waals surface area contributed by atoms with E-state index in [1.165, 1.54) is 17.0 Å². The number of nitrogens with zero attached hydrogens (tertiary/aromatic N) is 2. The average Bonchev–Trinajstić information content (AvgIpc) is 2.91. The van der Waals surface area contributed by atoms with Gasteiger partial charge in [-0.3, -0.25) is 13.9 Å². The van der Waals surface area contributed by atoms with Crippen molar-refractivity contribution in [1.82, 2.24) is 10.2 Å². The summed E-state index contributed by atoms with van der Waals surface area (Å²) in [6.45, 7) is 5.02. The average molecular weight is 668 g/mol. The molecule has 202 valence electrons. The number of sulfonamides is 1. The second-order valence-electron chi connectivity index (χ2n) is 8.91. The number of benzene rings is 3. The zero-order valence-electron chi connectivity index (χ0n) is 21.5. The molecule has 0 aliphatic carbocycles. The van der Waals surface area contributed by atoms with Gasteiger partial charge in [0.25, 0.3) is 10.0 Å². The Morgan fingerprint density at radius 3 is 2.16 bits per heavy atom. The number of hydrogen-bond donors (Lipinski definition) is 1. The third-order valence-electron chi connectivity index (χ3n) is 6.19. The third-order valence-corrected chi connectivity index (χ3v) is 9.07. The minimum absolute atomic E-state index is 0.0412. The fraction of sp³-hybridized carbons (Fsp3) is 0.286. The molecule has 3 aromatic carbocycles. The summed E-state index contributed by atoms with van der Waals surface area (Å²) in [7, 11) is -4.09. The van der Waals surface area contributed by atoms with Crippen molar-refractivity contribution >= 4 is 61.7 Å². The van der Waals surface area contributed by atoms with Crippen molar-refractivity contribution < 1.29 is 18.0 Å². The highest BCUT2D eigenvalue weighted by atomic mass is 127. The predicted octanol–water partition coefficient (Wildman–Crippen LogP) is 5.47. The summed E-state index contributed by atoms with van der Waals surface area (Å²) >= 11 is 8.52. The van der Waals surface area contributed by atoms with Gasteiger partial charge in [-0.15, -0.1) is 0 Å². The van der Waals surface area contributed by atoms with Gasteiger partial charge in [-0.05, 0) is 90.9 Å². The lowest BCUT2D eigenvalue weighted by atomic mass is 10.1. The number of carbonyl (C=O) groups excluding carboxylic acids is 2. The van der Waals surface area contributed by atoms with E-state index in [4.69, 9.17) is 11.6 Å². The van der Waals surface area contributed by atoms with Gasteiger partial charge in [-0.25, -0.2) is 8.42 Å². The van der Waals surface area contributed by atoms with E-state index in [9.17, 15) is 18.0 Å². The summed E-state index contributed by atoms with van der Waals surface area (Å²) in [5.41, 5.74) is 0.995. The largest absolute Gasteiger partial charge is 0.352 e. The summed E-state index contributed by atoms with van der Waals surface area (Å²) in [5, 5.41) is 3.36. The predicted molar refractivity (Wildman–Crippen MR) is 159 cm³/mol. The smallest absolute Gasteiger partial charge is 0.264 e. The van der Waals surface area contributed by atoms with Gasteiger partial charge in [0.15, 0.2) is 0 Å². The number of nitrogens with one attached hydrogen (secondary N) is 1. The van der Waals surface area contributed by atoms with E-state index in [0.717, 1.165) is 14.3 Å². The van der Waals surface area contributed by atoms with Crippen LogP contribution in [0.1, 0.15) is 32.8 Å². The number of anilines is 1. The van der Waals surface area contributed by atoms with Crippen LogP contribution in [0.5, 0.6) is 0 Å². The van der Waals surface area contributed by atoms with Gasteiger partial charge in [0.05, 0.1) is 10.6 Å². The lowest BCUT2D eigenvalue weighted by Gasteiger charge is -2.32. The maximum Gasteiger partial charge on any atom is 0.264 e. The summed E-state index contributed by atoms with van der Waals surface area (Å²) < 4.78 is 29.5. The zero-order valence-corrected chi connectivity index (χ0v) is 25.2. The molecule has 0 bridgehead atoms. The first-order chi connectivity index (χ1) is 18.0. The van der Waals surface area contributed by atoms with Gasteiger partial charge < -0.3 is 10.2 Å². The number of carbonyl (C=O) groups is 2. The quantitative estimate of drug-likeness (QED) is 0.275. The fourth-order valence-corrected chi connectivity index (χ4v) is 5.70. The van der Waals surface area contributed by atoms with Gasteiger partial charge in [-0.2, -0.15) is 0 Å². The molecule has 3 aromatic rings. The summed E-state index contributed by atoms with van der Waals surface area (Å²) in [6, 6.07) is 20.9. The van der Waals surface area contributed by atoms with Gasteiger partial charge in [0.1, 0.15) is 12.6 Å². The maximum atomic E-state index is 13.9. The minimum atomic E-state index is -4.09. The van der Waals surface area contributed by atoms with E-state index < -0.39 is 28.5 Å². The molecule has 0 aromatic heterocycles. The molecule has 3 rings (SSSR count). The molecule has 0 saturated carbocycles. The molecular weight excluding hydrogens is 637 g/mol. The molecule has 0 spiro atoms. The van der Waals surface area contributed by atoms with Crippen LogP contribution in [0.25, 0.3) is 0 Å². The normalized spacial score (nSPS) is 12.9. The molecule has 10 heteroatoms. The van der Waals surface area contributed by atoms with Gasteiger partial charge in [-0.1, -0.05) is 54.9 Å². The Bertz CT molecular complexity index is 1350. The number of rotatable bonds is 11. The van der Waals surface area contributed by atoms with Crippen molar-refractivity contribution in [3.63, 3.8) is 0 Å². The van der Waals surface area contributed by atoms with Crippen LogP contribution in [0.2, 0.25) is 5.02 Å². The molecule has 0 unspecified atom stereocenters. The summed E-state index contributed by atoms with van der Waals surface area (Å²) in [6.07, 6.45) is 0.729. The van der Waals surface area contributed by atoms with Crippen LogP contribution >= 0.6 is 34.2 Å².